The van der Waals surface area contributed by atoms with Crippen molar-refractivity contribution in [1.82, 2.24) is 4.90 Å². The molecule has 0 radical (unpaired) electrons. The Morgan fingerprint density at radius 1 is 1.24 bits per heavy atom. The van der Waals surface area contributed by atoms with Crippen LogP contribution in [0.5, 0.6) is 0 Å². The molecule has 0 aromatic heterocycles. The predicted molar refractivity (Wildman–Crippen MR) is 74.1 cm³/mol. The van der Waals surface area contributed by atoms with Gasteiger partial charge in [-0.15, -0.1) is 0 Å². The van der Waals surface area contributed by atoms with E-state index in [0.29, 0.717) is 4.90 Å². The summed E-state index contributed by atoms with van der Waals surface area (Å²) >= 11 is 0. The summed E-state index contributed by atoms with van der Waals surface area (Å²) in [6.45, 7) is -0.127. The van der Waals surface area contributed by atoms with Crippen LogP contribution in [0.25, 0.3) is 0 Å². The monoisotopic (exact) mass is 303 g/mol. The fourth-order valence-electron chi connectivity index (χ4n) is 1.97. The van der Waals surface area contributed by atoms with E-state index in [0.717, 1.165) is 24.8 Å². The van der Waals surface area contributed by atoms with Gasteiger partial charge in [-0.1, -0.05) is 25.5 Å². The molecule has 1 aromatic rings. The molecule has 1 N–H and O–H groups in total. The SMILES string of the molecule is CCCCc1ccc(C(=O)N(CCO)CC(F)(F)F)cc1. The number of rotatable bonds is 7. The van der Waals surface area contributed by atoms with Crippen molar-refractivity contribution in [3.05, 3.63) is 35.4 Å². The van der Waals surface area contributed by atoms with E-state index in [1.54, 1.807) is 12.1 Å². The van der Waals surface area contributed by atoms with Crippen molar-refractivity contribution < 1.29 is 23.1 Å². The number of aliphatic hydroxyl groups excluding tert-OH is 1. The standard InChI is InChI=1S/C15H20F3NO2/c1-2-3-4-12-5-7-13(8-6-12)14(21)19(9-10-20)11-15(16,17)18/h5-8,20H,2-4,9-11H2,1H3. The van der Waals surface area contributed by atoms with Gasteiger partial charge >= 0.3 is 6.18 Å². The lowest BCUT2D eigenvalue weighted by Gasteiger charge is -2.23. The molecular weight excluding hydrogens is 283 g/mol. The maximum absolute atomic E-state index is 12.4. The molecule has 0 aliphatic carbocycles. The van der Waals surface area contributed by atoms with Crippen molar-refractivity contribution in [2.75, 3.05) is 19.7 Å². The Morgan fingerprint density at radius 2 is 1.86 bits per heavy atom. The first-order valence-electron chi connectivity index (χ1n) is 6.93. The molecule has 0 saturated carbocycles. The number of aryl methyl sites for hydroxylation is 1. The van der Waals surface area contributed by atoms with Crippen molar-refractivity contribution in [1.29, 1.82) is 0 Å². The van der Waals surface area contributed by atoms with Gasteiger partial charge in [0.05, 0.1) is 6.61 Å². The molecule has 0 aliphatic rings. The van der Waals surface area contributed by atoms with E-state index in [1.165, 1.54) is 12.1 Å². The summed E-state index contributed by atoms with van der Waals surface area (Å²) in [4.78, 5) is 12.7. The smallest absolute Gasteiger partial charge is 0.395 e. The van der Waals surface area contributed by atoms with Crippen LogP contribution in [-0.4, -0.2) is 41.8 Å². The van der Waals surface area contributed by atoms with Gasteiger partial charge < -0.3 is 10.0 Å². The molecule has 1 aromatic carbocycles. The second kappa shape index (κ2) is 8.02. The van der Waals surface area contributed by atoms with Gasteiger partial charge in [-0.2, -0.15) is 13.2 Å². The third-order valence-corrected chi connectivity index (χ3v) is 3.05. The zero-order valence-electron chi connectivity index (χ0n) is 12.0. The number of hydrogen-bond acceptors (Lipinski definition) is 2. The Morgan fingerprint density at radius 3 is 2.33 bits per heavy atom. The number of unbranched alkanes of at least 4 members (excludes halogenated alkanes) is 1. The molecule has 0 saturated heterocycles. The third kappa shape index (κ3) is 6.16. The first kappa shape index (κ1) is 17.5. The zero-order chi connectivity index (χ0) is 15.9. The van der Waals surface area contributed by atoms with Gasteiger partial charge in [0.15, 0.2) is 0 Å². The lowest BCUT2D eigenvalue weighted by molar-refractivity contribution is -0.141. The molecule has 6 heteroatoms. The fraction of sp³-hybridized carbons (Fsp3) is 0.533. The number of alkyl halides is 3. The highest BCUT2D eigenvalue weighted by Crippen LogP contribution is 2.18. The minimum absolute atomic E-state index is 0.202. The number of halogens is 3. The average molecular weight is 303 g/mol. The van der Waals surface area contributed by atoms with Crippen LogP contribution in [0.1, 0.15) is 35.7 Å². The maximum Gasteiger partial charge on any atom is 0.406 e. The fourth-order valence-corrected chi connectivity index (χ4v) is 1.97. The topological polar surface area (TPSA) is 40.5 Å². The van der Waals surface area contributed by atoms with Crippen LogP contribution in [0.2, 0.25) is 0 Å². The molecule has 0 heterocycles. The first-order chi connectivity index (χ1) is 9.87. The number of benzene rings is 1. The largest absolute Gasteiger partial charge is 0.406 e. The van der Waals surface area contributed by atoms with Crippen LogP contribution in [0.15, 0.2) is 24.3 Å². The maximum atomic E-state index is 12.4. The molecule has 1 rings (SSSR count). The molecule has 0 spiro atoms. The van der Waals surface area contributed by atoms with Crippen LogP contribution >= 0.6 is 0 Å². The molecule has 0 unspecified atom stereocenters. The van der Waals surface area contributed by atoms with E-state index in [1.807, 2.05) is 0 Å². The highest BCUT2D eigenvalue weighted by atomic mass is 19.4. The molecule has 0 fully saturated rings. The predicted octanol–water partition coefficient (Wildman–Crippen LogP) is 3.03. The van der Waals surface area contributed by atoms with Gasteiger partial charge in [0.1, 0.15) is 6.54 Å². The van der Waals surface area contributed by atoms with Crippen molar-refractivity contribution in [2.45, 2.75) is 32.4 Å². The number of carbonyl (C=O) groups excluding carboxylic acids is 1. The van der Waals surface area contributed by atoms with Gasteiger partial charge in [-0.05, 0) is 30.5 Å². The molecule has 21 heavy (non-hydrogen) atoms. The number of carbonyl (C=O) groups is 1. The summed E-state index contributed by atoms with van der Waals surface area (Å²) in [5.41, 5.74) is 1.26. The Bertz CT molecular complexity index is 443. The number of nitrogens with zero attached hydrogens (tertiary/aromatic N) is 1. The van der Waals surface area contributed by atoms with Crippen molar-refractivity contribution in [3.8, 4) is 0 Å². The van der Waals surface area contributed by atoms with Crippen molar-refractivity contribution in [3.63, 3.8) is 0 Å². The van der Waals surface area contributed by atoms with Crippen molar-refractivity contribution >= 4 is 5.91 Å². The lowest BCUT2D eigenvalue weighted by Crippen LogP contribution is -2.40. The van der Waals surface area contributed by atoms with E-state index in [-0.39, 0.29) is 12.1 Å². The second-order valence-electron chi connectivity index (χ2n) is 4.87. The molecular formula is C15H20F3NO2. The van der Waals surface area contributed by atoms with E-state index < -0.39 is 25.2 Å². The molecule has 0 bridgehead atoms. The van der Waals surface area contributed by atoms with Gasteiger partial charge in [0.25, 0.3) is 5.91 Å². The summed E-state index contributed by atoms with van der Waals surface area (Å²) in [5, 5.41) is 8.81. The van der Waals surface area contributed by atoms with E-state index >= 15 is 0 Å². The van der Waals surface area contributed by atoms with E-state index in [9.17, 15) is 18.0 Å². The molecule has 3 nitrogen and oxygen atoms in total. The van der Waals surface area contributed by atoms with Gasteiger partial charge in [-0.25, -0.2) is 0 Å². The van der Waals surface area contributed by atoms with Gasteiger partial charge in [0, 0.05) is 12.1 Å². The summed E-state index contributed by atoms with van der Waals surface area (Å²) in [6.07, 6.45) is -1.52. The average Bonchev–Trinajstić information content (AvgIpc) is 2.43. The van der Waals surface area contributed by atoms with Crippen LogP contribution in [0, 0.1) is 0 Å². The number of aliphatic hydroxyl groups is 1. The van der Waals surface area contributed by atoms with Crippen LogP contribution < -0.4 is 0 Å². The number of hydrogen-bond donors (Lipinski definition) is 1. The summed E-state index contributed by atoms with van der Waals surface area (Å²) in [6, 6.07) is 6.59. The normalized spacial score (nSPS) is 11.5. The highest BCUT2D eigenvalue weighted by molar-refractivity contribution is 5.94. The lowest BCUT2D eigenvalue weighted by atomic mass is 10.1. The molecule has 0 aliphatic heterocycles. The minimum atomic E-state index is -4.48. The summed E-state index contributed by atoms with van der Waals surface area (Å²) in [5.74, 6) is -0.719. The molecule has 1 amide bonds. The van der Waals surface area contributed by atoms with E-state index in [2.05, 4.69) is 6.92 Å². The quantitative estimate of drug-likeness (QED) is 0.841. The zero-order valence-corrected chi connectivity index (χ0v) is 12.0. The third-order valence-electron chi connectivity index (χ3n) is 3.05. The molecule has 118 valence electrons. The summed E-state index contributed by atoms with van der Waals surface area (Å²) < 4.78 is 37.3. The Balaban J connectivity index is 2.78. The first-order valence-corrected chi connectivity index (χ1v) is 6.93. The van der Waals surface area contributed by atoms with Crippen molar-refractivity contribution in [2.24, 2.45) is 0 Å². The number of amides is 1. The van der Waals surface area contributed by atoms with Gasteiger partial charge in [-0.3, -0.25) is 4.79 Å². The highest BCUT2D eigenvalue weighted by Gasteiger charge is 2.33. The summed E-state index contributed by atoms with van der Waals surface area (Å²) in [7, 11) is 0. The van der Waals surface area contributed by atoms with Crippen LogP contribution in [-0.2, 0) is 6.42 Å². The van der Waals surface area contributed by atoms with Crippen LogP contribution in [0.4, 0.5) is 13.2 Å². The van der Waals surface area contributed by atoms with Crippen LogP contribution in [0.3, 0.4) is 0 Å². The Kier molecular flexibility index (Phi) is 6.68. The van der Waals surface area contributed by atoms with Gasteiger partial charge in [0.2, 0.25) is 0 Å². The Labute approximate surface area is 122 Å². The Hall–Kier alpha value is -1.56. The second-order valence-corrected chi connectivity index (χ2v) is 4.87. The molecule has 0 atom stereocenters. The minimum Gasteiger partial charge on any atom is -0.395 e. The van der Waals surface area contributed by atoms with E-state index in [4.69, 9.17) is 5.11 Å².